The zero-order chi connectivity index (χ0) is 20.1. The Morgan fingerprint density at radius 1 is 1.04 bits per heavy atom. The van der Waals surface area contributed by atoms with Crippen molar-refractivity contribution in [3.63, 3.8) is 0 Å². The second-order valence-corrected chi connectivity index (χ2v) is 10.3. The highest BCUT2D eigenvalue weighted by Crippen LogP contribution is 2.18. The van der Waals surface area contributed by atoms with Gasteiger partial charge in [0.1, 0.15) is 12.4 Å². The first-order valence-corrected chi connectivity index (χ1v) is 11.4. The van der Waals surface area contributed by atoms with Gasteiger partial charge in [-0.05, 0) is 42.0 Å². The highest BCUT2D eigenvalue weighted by atomic mass is 35.5. The van der Waals surface area contributed by atoms with Gasteiger partial charge in [-0.3, -0.25) is 0 Å². The van der Waals surface area contributed by atoms with Crippen LogP contribution in [0.2, 0.25) is 5.02 Å². The van der Waals surface area contributed by atoms with Gasteiger partial charge in [-0.2, -0.15) is 0 Å². The summed E-state index contributed by atoms with van der Waals surface area (Å²) in [5.41, 5.74) is 0.591. The van der Waals surface area contributed by atoms with E-state index in [4.69, 9.17) is 16.3 Å². The fraction of sp³-hybridized carbons (Fsp3) is 0.294. The van der Waals surface area contributed by atoms with Crippen molar-refractivity contribution in [3.8, 4) is 5.75 Å². The zero-order valence-corrected chi connectivity index (χ0v) is 17.3. The van der Waals surface area contributed by atoms with Crippen LogP contribution in [0.4, 0.5) is 0 Å². The Morgan fingerprint density at radius 2 is 1.70 bits per heavy atom. The second kappa shape index (κ2) is 9.03. The van der Waals surface area contributed by atoms with E-state index in [0.29, 0.717) is 16.3 Å². The average Bonchev–Trinajstić information content (AvgIpc) is 2.58. The smallest absolute Gasteiger partial charge is 0.242 e. The summed E-state index contributed by atoms with van der Waals surface area (Å²) in [6.45, 7) is 0.190. The molecule has 148 valence electrons. The molecule has 0 heterocycles. The van der Waals surface area contributed by atoms with Gasteiger partial charge in [0, 0.05) is 25.7 Å². The summed E-state index contributed by atoms with van der Waals surface area (Å²) in [6, 6.07) is 12.6. The fourth-order valence-electron chi connectivity index (χ4n) is 2.18. The lowest BCUT2D eigenvalue weighted by molar-refractivity contribution is 0.322. The first kappa shape index (κ1) is 21.6. The predicted molar refractivity (Wildman–Crippen MR) is 105 cm³/mol. The quantitative estimate of drug-likeness (QED) is 0.612. The van der Waals surface area contributed by atoms with Gasteiger partial charge in [-0.25, -0.2) is 25.9 Å². The Kier molecular flexibility index (Phi) is 7.24. The van der Waals surface area contributed by atoms with Crippen molar-refractivity contribution in [2.75, 3.05) is 27.2 Å². The Bertz CT molecular complexity index is 975. The Balaban J connectivity index is 1.84. The summed E-state index contributed by atoms with van der Waals surface area (Å²) < 4.78 is 57.1. The number of halogens is 1. The first-order chi connectivity index (χ1) is 12.6. The summed E-state index contributed by atoms with van der Waals surface area (Å²) in [6.07, 6.45) is 0. The number of nitrogens with zero attached hydrogens (tertiary/aromatic N) is 1. The third-order valence-corrected chi connectivity index (χ3v) is 6.96. The Morgan fingerprint density at radius 3 is 2.30 bits per heavy atom. The van der Waals surface area contributed by atoms with E-state index < -0.39 is 20.0 Å². The van der Waals surface area contributed by atoms with Gasteiger partial charge >= 0.3 is 0 Å². The SMILES string of the molecule is CN(C)S(=O)(=O)c1ccc(OCCNS(=O)(=O)Cc2cccc(Cl)c2)cc1. The van der Waals surface area contributed by atoms with Crippen LogP contribution in [0.5, 0.6) is 5.75 Å². The molecule has 0 unspecified atom stereocenters. The summed E-state index contributed by atoms with van der Waals surface area (Å²) in [5, 5.41) is 0.478. The van der Waals surface area contributed by atoms with Crippen LogP contribution in [0.25, 0.3) is 0 Å². The third kappa shape index (κ3) is 6.47. The van der Waals surface area contributed by atoms with Gasteiger partial charge < -0.3 is 4.74 Å². The average molecular weight is 433 g/mol. The van der Waals surface area contributed by atoms with Crippen molar-refractivity contribution in [1.82, 2.24) is 9.03 Å². The maximum atomic E-state index is 12.1. The van der Waals surface area contributed by atoms with Gasteiger partial charge in [-0.1, -0.05) is 23.7 Å². The van der Waals surface area contributed by atoms with Crippen LogP contribution in [0.15, 0.2) is 53.4 Å². The molecule has 0 spiro atoms. The lowest BCUT2D eigenvalue weighted by atomic mass is 10.2. The third-order valence-electron chi connectivity index (χ3n) is 3.54. The molecule has 2 rings (SSSR count). The standard InChI is InChI=1S/C17H21ClN2O5S2/c1-20(2)27(23,24)17-8-6-16(7-9-17)25-11-10-19-26(21,22)13-14-4-3-5-15(18)12-14/h3-9,12,19H,10-11,13H2,1-2H3. The minimum Gasteiger partial charge on any atom is -0.492 e. The van der Waals surface area contributed by atoms with E-state index in [1.54, 1.807) is 24.3 Å². The van der Waals surface area contributed by atoms with Gasteiger partial charge in [0.25, 0.3) is 0 Å². The number of hydrogen-bond acceptors (Lipinski definition) is 5. The largest absolute Gasteiger partial charge is 0.492 e. The summed E-state index contributed by atoms with van der Waals surface area (Å²) in [4.78, 5) is 0.155. The first-order valence-electron chi connectivity index (χ1n) is 7.97. The van der Waals surface area contributed by atoms with Gasteiger partial charge in [-0.15, -0.1) is 0 Å². The van der Waals surface area contributed by atoms with Crippen LogP contribution in [0.1, 0.15) is 5.56 Å². The second-order valence-electron chi connectivity index (χ2n) is 5.89. The van der Waals surface area contributed by atoms with E-state index in [2.05, 4.69) is 4.72 Å². The Labute approximate surface area is 165 Å². The number of ether oxygens (including phenoxy) is 1. The van der Waals surface area contributed by atoms with Crippen molar-refractivity contribution in [1.29, 1.82) is 0 Å². The molecule has 0 amide bonds. The number of rotatable bonds is 9. The normalized spacial score (nSPS) is 12.3. The van der Waals surface area contributed by atoms with Crippen LogP contribution in [0, 0.1) is 0 Å². The molecular weight excluding hydrogens is 412 g/mol. The molecular formula is C17H21ClN2O5S2. The molecule has 0 saturated carbocycles. The van der Waals surface area contributed by atoms with Crippen LogP contribution >= 0.6 is 11.6 Å². The topological polar surface area (TPSA) is 92.8 Å². The molecule has 0 atom stereocenters. The van der Waals surface area contributed by atoms with Crippen LogP contribution in [0.3, 0.4) is 0 Å². The van der Waals surface area contributed by atoms with E-state index in [1.165, 1.54) is 38.4 Å². The van der Waals surface area contributed by atoms with E-state index in [-0.39, 0.29) is 23.8 Å². The van der Waals surface area contributed by atoms with Crippen molar-refractivity contribution in [3.05, 3.63) is 59.1 Å². The molecule has 1 N–H and O–H groups in total. The minimum atomic E-state index is -3.51. The molecule has 0 radical (unpaired) electrons. The van der Waals surface area contributed by atoms with Crippen molar-refractivity contribution < 1.29 is 21.6 Å². The molecule has 0 saturated heterocycles. The van der Waals surface area contributed by atoms with Crippen LogP contribution in [-0.2, 0) is 25.8 Å². The molecule has 0 aliphatic heterocycles. The molecule has 0 aliphatic carbocycles. The number of nitrogens with one attached hydrogen (secondary N) is 1. The van der Waals surface area contributed by atoms with E-state index in [1.807, 2.05) is 0 Å². The lowest BCUT2D eigenvalue weighted by Crippen LogP contribution is -2.29. The van der Waals surface area contributed by atoms with E-state index in [0.717, 1.165) is 4.31 Å². The molecule has 10 heteroatoms. The molecule has 0 aliphatic rings. The van der Waals surface area contributed by atoms with Crippen molar-refractivity contribution >= 4 is 31.6 Å². The maximum absolute atomic E-state index is 12.1. The van der Waals surface area contributed by atoms with Gasteiger partial charge in [0.15, 0.2) is 0 Å². The van der Waals surface area contributed by atoms with E-state index >= 15 is 0 Å². The lowest BCUT2D eigenvalue weighted by Gasteiger charge is -2.12. The summed E-state index contributed by atoms with van der Waals surface area (Å²) in [7, 11) is -4.10. The van der Waals surface area contributed by atoms with Crippen molar-refractivity contribution in [2.45, 2.75) is 10.6 Å². The fourth-order valence-corrected chi connectivity index (χ4v) is 4.41. The predicted octanol–water partition coefficient (Wildman–Crippen LogP) is 2.09. The maximum Gasteiger partial charge on any atom is 0.242 e. The molecule has 0 fully saturated rings. The summed E-state index contributed by atoms with van der Waals surface area (Å²) in [5.74, 6) is 0.270. The molecule has 0 bridgehead atoms. The molecule has 7 nitrogen and oxygen atoms in total. The highest BCUT2D eigenvalue weighted by molar-refractivity contribution is 7.89. The van der Waals surface area contributed by atoms with Gasteiger partial charge in [0.2, 0.25) is 20.0 Å². The minimum absolute atomic E-state index is 0.0840. The Hall–Kier alpha value is -1.65. The number of benzene rings is 2. The summed E-state index contributed by atoms with van der Waals surface area (Å²) >= 11 is 5.85. The van der Waals surface area contributed by atoms with E-state index in [9.17, 15) is 16.8 Å². The number of hydrogen-bond donors (Lipinski definition) is 1. The van der Waals surface area contributed by atoms with Gasteiger partial charge in [0.05, 0.1) is 10.6 Å². The number of sulfonamides is 2. The van der Waals surface area contributed by atoms with Crippen LogP contribution < -0.4 is 9.46 Å². The van der Waals surface area contributed by atoms with Crippen molar-refractivity contribution in [2.24, 2.45) is 0 Å². The zero-order valence-electron chi connectivity index (χ0n) is 14.9. The molecule has 0 aromatic heterocycles. The molecule has 2 aromatic rings. The molecule has 2 aromatic carbocycles. The highest BCUT2D eigenvalue weighted by Gasteiger charge is 2.16. The van der Waals surface area contributed by atoms with Crippen LogP contribution in [-0.4, -0.2) is 48.4 Å². The molecule has 27 heavy (non-hydrogen) atoms. The monoisotopic (exact) mass is 432 g/mol.